The molecule has 4 rings (SSSR count). The lowest BCUT2D eigenvalue weighted by Gasteiger charge is -2.18. The molecule has 0 unspecified atom stereocenters. The van der Waals surface area contributed by atoms with Crippen LogP contribution in [-0.4, -0.2) is 39.8 Å². The highest BCUT2D eigenvalue weighted by Gasteiger charge is 2.34. The molecule has 0 N–H and O–H groups in total. The number of rotatable bonds is 5. The summed E-state index contributed by atoms with van der Waals surface area (Å²) < 4.78 is 1.59. The number of imide groups is 1. The van der Waals surface area contributed by atoms with Gasteiger partial charge in [-0.2, -0.15) is 0 Å². The van der Waals surface area contributed by atoms with Gasteiger partial charge in [-0.15, -0.1) is 0 Å². The number of pyridine rings is 1. The van der Waals surface area contributed by atoms with Crippen molar-refractivity contribution in [2.45, 2.75) is 51.0 Å². The van der Waals surface area contributed by atoms with Crippen molar-refractivity contribution in [3.05, 3.63) is 65.3 Å². The Balaban J connectivity index is 1.41. The second-order valence-corrected chi connectivity index (χ2v) is 7.65. The van der Waals surface area contributed by atoms with Crippen molar-refractivity contribution in [3.8, 4) is 0 Å². The quantitative estimate of drug-likeness (QED) is 0.733. The summed E-state index contributed by atoms with van der Waals surface area (Å²) in [5.74, 6) is -0.631. The monoisotopic (exact) mass is 391 g/mol. The van der Waals surface area contributed by atoms with Crippen molar-refractivity contribution < 1.29 is 14.4 Å². The van der Waals surface area contributed by atoms with Crippen molar-refractivity contribution in [2.24, 2.45) is 4.99 Å². The van der Waals surface area contributed by atoms with Crippen molar-refractivity contribution in [2.75, 3.05) is 6.54 Å². The number of hydrogen-bond donors (Lipinski definition) is 0. The smallest absolute Gasteiger partial charge is 0.261 e. The Morgan fingerprint density at radius 3 is 2.28 bits per heavy atom. The van der Waals surface area contributed by atoms with E-state index in [1.807, 2.05) is 18.2 Å². The van der Waals surface area contributed by atoms with Crippen LogP contribution in [0.4, 0.5) is 0 Å². The largest absolute Gasteiger partial charge is 0.274 e. The van der Waals surface area contributed by atoms with Crippen molar-refractivity contribution in [1.82, 2.24) is 9.47 Å². The van der Waals surface area contributed by atoms with Crippen LogP contribution in [0.2, 0.25) is 0 Å². The van der Waals surface area contributed by atoms with Crippen LogP contribution in [0.3, 0.4) is 0 Å². The number of aromatic nitrogens is 1. The number of carbonyl (C=O) groups excluding carboxylic acids is 3. The Morgan fingerprint density at radius 1 is 0.931 bits per heavy atom. The number of fused-ring (bicyclic) bond motifs is 1. The molecule has 1 aliphatic carbocycles. The van der Waals surface area contributed by atoms with Crippen LogP contribution in [0, 0.1) is 0 Å². The minimum atomic E-state index is -0.279. The van der Waals surface area contributed by atoms with Gasteiger partial charge >= 0.3 is 0 Å². The van der Waals surface area contributed by atoms with Crippen molar-refractivity contribution in [3.63, 3.8) is 0 Å². The minimum absolute atomic E-state index is 0.0724. The summed E-state index contributed by atoms with van der Waals surface area (Å²) >= 11 is 0. The lowest BCUT2D eigenvalue weighted by molar-refractivity contribution is 0.0644. The van der Waals surface area contributed by atoms with E-state index in [9.17, 15) is 14.4 Å². The fourth-order valence-corrected chi connectivity index (χ4v) is 4.10. The van der Waals surface area contributed by atoms with Crippen LogP contribution >= 0.6 is 0 Å². The molecule has 2 heterocycles. The van der Waals surface area contributed by atoms with Crippen LogP contribution in [0.15, 0.2) is 53.7 Å². The maximum Gasteiger partial charge on any atom is 0.261 e. The first-order valence-electron chi connectivity index (χ1n) is 10.3. The number of carbonyl (C=O) groups is 3. The fourth-order valence-electron chi connectivity index (χ4n) is 4.10. The Hall–Kier alpha value is -3.02. The first-order chi connectivity index (χ1) is 14.1. The second-order valence-electron chi connectivity index (χ2n) is 7.65. The van der Waals surface area contributed by atoms with Crippen LogP contribution in [0.5, 0.6) is 0 Å². The summed E-state index contributed by atoms with van der Waals surface area (Å²) in [6, 6.07) is 12.7. The molecule has 6 nitrogen and oxygen atoms in total. The molecule has 2 aliphatic rings. The first-order valence-corrected chi connectivity index (χ1v) is 10.3. The van der Waals surface area contributed by atoms with Crippen molar-refractivity contribution >= 4 is 17.7 Å². The first kappa shape index (κ1) is 19.3. The summed E-state index contributed by atoms with van der Waals surface area (Å²) in [6.45, 7) is 0.237. The van der Waals surface area contributed by atoms with Gasteiger partial charge in [-0.1, -0.05) is 37.5 Å². The molecule has 0 spiro atoms. The highest BCUT2D eigenvalue weighted by atomic mass is 16.2. The Morgan fingerprint density at radius 2 is 1.59 bits per heavy atom. The topological polar surface area (TPSA) is 71.7 Å². The highest BCUT2D eigenvalue weighted by Crippen LogP contribution is 2.23. The van der Waals surface area contributed by atoms with Gasteiger partial charge < -0.3 is 0 Å². The molecule has 0 bridgehead atoms. The Kier molecular flexibility index (Phi) is 5.69. The third-order valence-corrected chi connectivity index (χ3v) is 5.65. The highest BCUT2D eigenvalue weighted by molar-refractivity contribution is 6.21. The van der Waals surface area contributed by atoms with Gasteiger partial charge in [0.25, 0.3) is 11.8 Å². The van der Waals surface area contributed by atoms with E-state index in [0.29, 0.717) is 23.0 Å². The average molecular weight is 391 g/mol. The predicted octanol–water partition coefficient (Wildman–Crippen LogP) is 3.44. The van der Waals surface area contributed by atoms with E-state index in [0.717, 1.165) is 12.8 Å². The predicted molar refractivity (Wildman–Crippen MR) is 109 cm³/mol. The van der Waals surface area contributed by atoms with Crippen LogP contribution < -0.4 is 5.49 Å². The van der Waals surface area contributed by atoms with E-state index in [2.05, 4.69) is 0 Å². The molecule has 1 aromatic heterocycles. The zero-order chi connectivity index (χ0) is 20.2. The third kappa shape index (κ3) is 4.06. The molecule has 1 saturated carbocycles. The molecular weight excluding hydrogens is 366 g/mol. The van der Waals surface area contributed by atoms with Gasteiger partial charge in [0, 0.05) is 19.2 Å². The second kappa shape index (κ2) is 8.55. The Labute approximate surface area is 169 Å². The van der Waals surface area contributed by atoms with Gasteiger partial charge in [-0.3, -0.25) is 28.8 Å². The number of nitrogens with zero attached hydrogens (tertiary/aromatic N) is 3. The molecule has 1 aliphatic heterocycles. The zero-order valence-corrected chi connectivity index (χ0v) is 16.4. The molecular formula is C23H25N3O3. The number of benzene rings is 1. The normalized spacial score (nSPS) is 17.7. The van der Waals surface area contributed by atoms with Gasteiger partial charge in [0.15, 0.2) is 0 Å². The SMILES string of the molecule is O=C1c2ccccc2C(=O)N1CCCC(=O)n1ccccc1=NC1CCCCC1. The summed E-state index contributed by atoms with van der Waals surface area (Å²) in [4.78, 5) is 43.7. The van der Waals surface area contributed by atoms with Gasteiger partial charge in [-0.05, 0) is 43.5 Å². The summed E-state index contributed by atoms with van der Waals surface area (Å²) in [5.41, 5.74) is 1.56. The van der Waals surface area contributed by atoms with Gasteiger partial charge in [0.1, 0.15) is 5.49 Å². The molecule has 0 atom stereocenters. The third-order valence-electron chi connectivity index (χ3n) is 5.65. The molecule has 1 fully saturated rings. The van der Waals surface area contributed by atoms with E-state index < -0.39 is 0 Å². The van der Waals surface area contributed by atoms with E-state index in [1.54, 1.807) is 35.0 Å². The molecule has 29 heavy (non-hydrogen) atoms. The lowest BCUT2D eigenvalue weighted by atomic mass is 9.96. The maximum atomic E-state index is 12.8. The molecule has 0 saturated heterocycles. The molecule has 6 heteroatoms. The molecule has 2 amide bonds. The van der Waals surface area contributed by atoms with Gasteiger partial charge in [0.05, 0.1) is 17.2 Å². The lowest BCUT2D eigenvalue weighted by Crippen LogP contribution is -2.32. The molecule has 2 aromatic rings. The van der Waals surface area contributed by atoms with Gasteiger partial charge in [-0.25, -0.2) is 0 Å². The summed E-state index contributed by atoms with van der Waals surface area (Å²) in [5, 5.41) is 0. The number of amides is 2. The minimum Gasteiger partial charge on any atom is -0.274 e. The van der Waals surface area contributed by atoms with Crippen LogP contribution in [0.25, 0.3) is 0 Å². The standard InChI is InChI=1S/C23H25N3O3/c27-21(25-15-7-6-13-20(25)24-17-9-2-1-3-10-17)14-8-16-26-22(28)18-11-4-5-12-19(18)23(26)29/h4-7,11-13,15,17H,1-3,8-10,14,16H2. The van der Waals surface area contributed by atoms with Gasteiger partial charge in [0.2, 0.25) is 5.91 Å². The van der Waals surface area contributed by atoms with Crippen LogP contribution in [-0.2, 0) is 0 Å². The van der Waals surface area contributed by atoms with Crippen LogP contribution in [0.1, 0.15) is 70.5 Å². The fraction of sp³-hybridized carbons (Fsp3) is 0.391. The molecule has 1 aromatic carbocycles. The maximum absolute atomic E-state index is 12.8. The van der Waals surface area contributed by atoms with E-state index >= 15 is 0 Å². The zero-order valence-electron chi connectivity index (χ0n) is 16.4. The summed E-state index contributed by atoms with van der Waals surface area (Å²) in [6.07, 6.45) is 8.20. The van der Waals surface area contributed by atoms with Crippen molar-refractivity contribution in [1.29, 1.82) is 0 Å². The Bertz CT molecular complexity index is 967. The molecule has 150 valence electrons. The van der Waals surface area contributed by atoms with E-state index in [1.165, 1.54) is 24.2 Å². The van der Waals surface area contributed by atoms with E-state index in [4.69, 9.17) is 4.99 Å². The van der Waals surface area contributed by atoms with E-state index in [-0.39, 0.29) is 36.7 Å². The average Bonchev–Trinajstić information content (AvgIpc) is 3.00. The molecule has 0 radical (unpaired) electrons. The number of hydrogen-bond acceptors (Lipinski definition) is 4. The summed E-state index contributed by atoms with van der Waals surface area (Å²) in [7, 11) is 0.